The van der Waals surface area contributed by atoms with Crippen LogP contribution in [0.2, 0.25) is 0 Å². The van der Waals surface area contributed by atoms with Crippen LogP contribution in [-0.2, 0) is 6.42 Å². The fraction of sp³-hybridized carbons (Fsp3) is 0.857. The molecule has 0 amide bonds. The van der Waals surface area contributed by atoms with E-state index in [1.54, 1.807) is 6.33 Å². The lowest BCUT2D eigenvalue weighted by Gasteiger charge is -2.23. The maximum atomic E-state index is 4.41. The maximum absolute atomic E-state index is 4.41. The minimum Gasteiger partial charge on any atom is -0.314 e. The summed E-state index contributed by atoms with van der Waals surface area (Å²) < 4.78 is 2.03. The largest absolute Gasteiger partial charge is 0.314 e. The zero-order valence-corrected chi connectivity index (χ0v) is 12.6. The number of nitrogens with zero attached hydrogens (tertiary/aromatic N) is 3. The summed E-state index contributed by atoms with van der Waals surface area (Å²) in [5.41, 5.74) is 0. The van der Waals surface area contributed by atoms with Crippen molar-refractivity contribution in [1.82, 2.24) is 20.1 Å². The Balaban J connectivity index is 2.68. The van der Waals surface area contributed by atoms with Crippen molar-refractivity contribution in [3.63, 3.8) is 0 Å². The van der Waals surface area contributed by atoms with Crippen LogP contribution in [0.25, 0.3) is 0 Å². The number of rotatable bonds is 7. The van der Waals surface area contributed by atoms with Crippen molar-refractivity contribution < 1.29 is 0 Å². The Kier molecular flexibility index (Phi) is 5.79. The maximum Gasteiger partial charge on any atom is 0.138 e. The second-order valence-electron chi connectivity index (χ2n) is 5.99. The Morgan fingerprint density at radius 2 is 1.83 bits per heavy atom. The van der Waals surface area contributed by atoms with Crippen LogP contribution in [0.5, 0.6) is 0 Å². The Labute approximate surface area is 111 Å². The second kappa shape index (κ2) is 6.88. The third-order valence-electron chi connectivity index (χ3n) is 3.31. The summed E-state index contributed by atoms with van der Waals surface area (Å²) in [6.07, 6.45) is 2.66. The molecule has 1 aromatic heterocycles. The van der Waals surface area contributed by atoms with Gasteiger partial charge in [-0.2, -0.15) is 5.10 Å². The average Bonchev–Trinajstić information content (AvgIpc) is 2.71. The van der Waals surface area contributed by atoms with E-state index < -0.39 is 0 Å². The molecule has 1 rings (SSSR count). The van der Waals surface area contributed by atoms with Gasteiger partial charge in [0.25, 0.3) is 0 Å². The summed E-state index contributed by atoms with van der Waals surface area (Å²) >= 11 is 0. The van der Waals surface area contributed by atoms with Crippen molar-refractivity contribution in [2.75, 3.05) is 6.54 Å². The van der Waals surface area contributed by atoms with Crippen LogP contribution in [0, 0.1) is 11.8 Å². The molecule has 0 spiro atoms. The first-order valence-electron chi connectivity index (χ1n) is 7.03. The highest BCUT2D eigenvalue weighted by molar-refractivity contribution is 4.90. The Morgan fingerprint density at radius 3 is 2.33 bits per heavy atom. The first-order chi connectivity index (χ1) is 8.41. The minimum absolute atomic E-state index is 0.383. The molecular weight excluding hydrogens is 224 g/mol. The van der Waals surface area contributed by atoms with Gasteiger partial charge in [-0.3, -0.25) is 0 Å². The van der Waals surface area contributed by atoms with Crippen LogP contribution in [0.15, 0.2) is 6.33 Å². The molecule has 0 aliphatic heterocycles. The molecule has 1 heterocycles. The van der Waals surface area contributed by atoms with Crippen molar-refractivity contribution >= 4 is 0 Å². The van der Waals surface area contributed by atoms with Crippen molar-refractivity contribution in [3.05, 3.63) is 12.2 Å². The topological polar surface area (TPSA) is 42.7 Å². The van der Waals surface area contributed by atoms with E-state index in [1.807, 2.05) is 4.68 Å². The smallest absolute Gasteiger partial charge is 0.138 e. The SMILES string of the molecule is CC(C)NCC(Cc1ncnn1C(C)C)C(C)C. The lowest BCUT2D eigenvalue weighted by atomic mass is 9.92. The molecular formula is C14H28N4. The third kappa shape index (κ3) is 4.41. The lowest BCUT2D eigenvalue weighted by molar-refractivity contribution is 0.334. The summed E-state index contributed by atoms with van der Waals surface area (Å²) in [6, 6.07) is 0.919. The van der Waals surface area contributed by atoms with E-state index in [0.717, 1.165) is 18.8 Å². The van der Waals surface area contributed by atoms with E-state index in [-0.39, 0.29) is 0 Å². The normalized spacial score (nSPS) is 13.8. The van der Waals surface area contributed by atoms with Gasteiger partial charge in [0.1, 0.15) is 12.2 Å². The van der Waals surface area contributed by atoms with Crippen molar-refractivity contribution in [2.45, 2.75) is 60.0 Å². The van der Waals surface area contributed by atoms with Gasteiger partial charge < -0.3 is 5.32 Å². The molecule has 18 heavy (non-hydrogen) atoms. The molecule has 0 aliphatic rings. The van der Waals surface area contributed by atoms with Gasteiger partial charge in [0.2, 0.25) is 0 Å². The molecule has 0 saturated heterocycles. The van der Waals surface area contributed by atoms with Crippen LogP contribution in [0.1, 0.15) is 53.4 Å². The summed E-state index contributed by atoms with van der Waals surface area (Å²) in [5.74, 6) is 2.36. The standard InChI is InChI=1S/C14H28N4/c1-10(2)13(8-15-11(3)4)7-14-16-9-17-18(14)12(5)6/h9-13,15H,7-8H2,1-6H3. The molecule has 0 bridgehead atoms. The number of nitrogens with one attached hydrogen (secondary N) is 1. The summed E-state index contributed by atoms with van der Waals surface area (Å²) in [4.78, 5) is 4.41. The van der Waals surface area contributed by atoms with E-state index in [4.69, 9.17) is 0 Å². The molecule has 1 unspecified atom stereocenters. The molecule has 1 N–H and O–H groups in total. The molecule has 0 fully saturated rings. The molecule has 0 aromatic carbocycles. The van der Waals surface area contributed by atoms with Gasteiger partial charge in [0, 0.05) is 18.5 Å². The van der Waals surface area contributed by atoms with Crippen LogP contribution in [-0.4, -0.2) is 27.4 Å². The molecule has 0 aliphatic carbocycles. The van der Waals surface area contributed by atoms with E-state index in [2.05, 4.69) is 56.9 Å². The molecule has 4 heteroatoms. The second-order valence-corrected chi connectivity index (χ2v) is 5.99. The fourth-order valence-corrected chi connectivity index (χ4v) is 2.02. The number of hydrogen-bond acceptors (Lipinski definition) is 3. The number of aromatic nitrogens is 3. The predicted octanol–water partition coefficient (Wildman–Crippen LogP) is 2.67. The van der Waals surface area contributed by atoms with Gasteiger partial charge >= 0.3 is 0 Å². The summed E-state index contributed by atoms with van der Waals surface area (Å²) in [5, 5.41) is 7.84. The fourth-order valence-electron chi connectivity index (χ4n) is 2.02. The first kappa shape index (κ1) is 15.2. The molecule has 104 valence electrons. The zero-order valence-electron chi connectivity index (χ0n) is 12.6. The predicted molar refractivity (Wildman–Crippen MR) is 75.6 cm³/mol. The molecule has 4 nitrogen and oxygen atoms in total. The van der Waals surface area contributed by atoms with Gasteiger partial charge in [-0.05, 0) is 32.2 Å². The molecule has 1 atom stereocenters. The average molecular weight is 252 g/mol. The van der Waals surface area contributed by atoms with Crippen molar-refractivity contribution in [3.8, 4) is 0 Å². The van der Waals surface area contributed by atoms with Gasteiger partial charge in [0.15, 0.2) is 0 Å². The monoisotopic (exact) mass is 252 g/mol. The van der Waals surface area contributed by atoms with Crippen LogP contribution < -0.4 is 5.32 Å². The van der Waals surface area contributed by atoms with Crippen LogP contribution >= 0.6 is 0 Å². The highest BCUT2D eigenvalue weighted by Gasteiger charge is 2.18. The summed E-state index contributed by atoms with van der Waals surface area (Å²) in [7, 11) is 0. The number of hydrogen-bond donors (Lipinski definition) is 1. The van der Waals surface area contributed by atoms with E-state index in [9.17, 15) is 0 Å². The lowest BCUT2D eigenvalue weighted by Crippen LogP contribution is -2.33. The Morgan fingerprint density at radius 1 is 1.17 bits per heavy atom. The zero-order chi connectivity index (χ0) is 13.7. The van der Waals surface area contributed by atoms with Crippen molar-refractivity contribution in [1.29, 1.82) is 0 Å². The van der Waals surface area contributed by atoms with Crippen molar-refractivity contribution in [2.24, 2.45) is 11.8 Å². The molecule has 1 aromatic rings. The Bertz CT molecular complexity index is 341. The van der Waals surface area contributed by atoms with Crippen LogP contribution in [0.4, 0.5) is 0 Å². The van der Waals surface area contributed by atoms with Gasteiger partial charge in [-0.1, -0.05) is 27.7 Å². The van der Waals surface area contributed by atoms with Crippen LogP contribution in [0.3, 0.4) is 0 Å². The van der Waals surface area contributed by atoms with E-state index in [0.29, 0.717) is 23.9 Å². The van der Waals surface area contributed by atoms with Gasteiger partial charge in [-0.15, -0.1) is 0 Å². The third-order valence-corrected chi connectivity index (χ3v) is 3.31. The van der Waals surface area contributed by atoms with E-state index in [1.165, 1.54) is 0 Å². The molecule has 0 saturated carbocycles. The van der Waals surface area contributed by atoms with Gasteiger partial charge in [-0.25, -0.2) is 9.67 Å². The quantitative estimate of drug-likeness (QED) is 0.811. The Hall–Kier alpha value is -0.900. The highest BCUT2D eigenvalue weighted by Crippen LogP contribution is 2.17. The minimum atomic E-state index is 0.383. The summed E-state index contributed by atoms with van der Waals surface area (Å²) in [6.45, 7) is 14.3. The van der Waals surface area contributed by atoms with E-state index >= 15 is 0 Å². The van der Waals surface area contributed by atoms with Gasteiger partial charge in [0.05, 0.1) is 0 Å². The first-order valence-corrected chi connectivity index (χ1v) is 7.03. The molecule has 0 radical (unpaired) electrons. The highest BCUT2D eigenvalue weighted by atomic mass is 15.3.